The molecule has 0 unspecified atom stereocenters. The van der Waals surface area contributed by atoms with Crippen molar-refractivity contribution in [3.8, 4) is 11.1 Å². The largest absolute Gasteiger partial charge is 0.310 e. The Kier molecular flexibility index (Phi) is 6.41. The van der Waals surface area contributed by atoms with E-state index in [1.807, 2.05) is 11.3 Å². The average Bonchev–Trinajstić information content (AvgIpc) is 3.57. The second kappa shape index (κ2) is 10.4. The van der Waals surface area contributed by atoms with Gasteiger partial charge in [-0.3, -0.25) is 0 Å². The maximum Gasteiger partial charge on any atom is 0.0540 e. The van der Waals surface area contributed by atoms with E-state index in [2.05, 4.69) is 152 Å². The number of rotatable bonds is 6. The third-order valence-corrected chi connectivity index (χ3v) is 9.27. The van der Waals surface area contributed by atoms with Crippen molar-refractivity contribution in [3.63, 3.8) is 0 Å². The monoisotopic (exact) mass is 545 g/mol. The smallest absolute Gasteiger partial charge is 0.0540 e. The van der Waals surface area contributed by atoms with Gasteiger partial charge in [-0.05, 0) is 71.5 Å². The molecule has 2 heterocycles. The molecule has 0 amide bonds. The zero-order valence-corrected chi connectivity index (χ0v) is 24.2. The van der Waals surface area contributed by atoms with Crippen molar-refractivity contribution in [3.05, 3.63) is 145 Å². The minimum absolute atomic E-state index is 0.944. The van der Waals surface area contributed by atoms with Gasteiger partial charge in [0.2, 0.25) is 0 Å². The number of hydrogen-bond donors (Lipinski definition) is 0. The van der Waals surface area contributed by atoms with Crippen molar-refractivity contribution >= 4 is 64.6 Å². The first-order valence-electron chi connectivity index (χ1n) is 14.2. The standard InChI is InChI=1S/C39H31NS/c1-4-27-25-28(31-16-12-20-38-39(31)34-15-8-11-19-37(34)41-38)22-24-30(27)26(3)21-23-29(5-2)40-35-17-9-6-13-32(35)33-14-7-10-18-36(33)40/h5-25H,3-4H2,1-2H3/b23-21-,29-5+. The first-order chi connectivity index (χ1) is 20.2. The van der Waals surface area contributed by atoms with E-state index < -0.39 is 0 Å². The van der Waals surface area contributed by atoms with E-state index in [1.54, 1.807) is 0 Å². The molecule has 0 bridgehead atoms. The van der Waals surface area contributed by atoms with Crippen LogP contribution in [0.1, 0.15) is 25.0 Å². The average molecular weight is 546 g/mol. The fraction of sp³-hybridized carbons (Fsp3) is 0.0769. The molecule has 0 atom stereocenters. The van der Waals surface area contributed by atoms with Crippen LogP contribution in [-0.4, -0.2) is 4.57 Å². The van der Waals surface area contributed by atoms with Crippen LogP contribution < -0.4 is 0 Å². The van der Waals surface area contributed by atoms with Gasteiger partial charge >= 0.3 is 0 Å². The van der Waals surface area contributed by atoms with Gasteiger partial charge in [-0.1, -0.05) is 111 Å². The van der Waals surface area contributed by atoms with E-state index in [1.165, 1.54) is 64.2 Å². The highest BCUT2D eigenvalue weighted by Crippen LogP contribution is 2.40. The van der Waals surface area contributed by atoms with E-state index in [4.69, 9.17) is 0 Å². The summed E-state index contributed by atoms with van der Waals surface area (Å²) in [5.74, 6) is 0. The maximum atomic E-state index is 4.51. The Balaban J connectivity index is 1.26. The summed E-state index contributed by atoms with van der Waals surface area (Å²) in [5, 5.41) is 5.23. The molecule has 7 aromatic rings. The molecule has 0 radical (unpaired) electrons. The lowest BCUT2D eigenvalue weighted by molar-refractivity contribution is 1.13. The molecule has 0 aliphatic heterocycles. The topological polar surface area (TPSA) is 4.93 Å². The molecule has 1 nitrogen and oxygen atoms in total. The van der Waals surface area contributed by atoms with Gasteiger partial charge in [0.15, 0.2) is 0 Å². The molecule has 198 valence electrons. The number of thiophene rings is 1. The number of hydrogen-bond acceptors (Lipinski definition) is 1. The van der Waals surface area contributed by atoms with E-state index in [0.29, 0.717) is 0 Å². The zero-order valence-electron chi connectivity index (χ0n) is 23.4. The first kappa shape index (κ1) is 25.3. The number of allylic oxidation sites excluding steroid dienone is 5. The summed E-state index contributed by atoms with van der Waals surface area (Å²) < 4.78 is 5.02. The van der Waals surface area contributed by atoms with Gasteiger partial charge in [0.25, 0.3) is 0 Å². The molecule has 0 N–H and O–H groups in total. The van der Waals surface area contributed by atoms with Gasteiger partial charge in [0.05, 0.1) is 11.0 Å². The van der Waals surface area contributed by atoms with Crippen LogP contribution in [0.3, 0.4) is 0 Å². The molecular formula is C39H31NS. The van der Waals surface area contributed by atoms with E-state index >= 15 is 0 Å². The molecule has 0 aliphatic carbocycles. The quantitative estimate of drug-likeness (QED) is 0.183. The van der Waals surface area contributed by atoms with Gasteiger partial charge < -0.3 is 4.57 Å². The zero-order chi connectivity index (χ0) is 27.9. The van der Waals surface area contributed by atoms with Crippen LogP contribution in [0.15, 0.2) is 134 Å². The Morgan fingerprint density at radius 2 is 1.39 bits per heavy atom. The van der Waals surface area contributed by atoms with Gasteiger partial charge in [0, 0.05) is 36.6 Å². The Morgan fingerprint density at radius 3 is 2.10 bits per heavy atom. The van der Waals surface area contributed by atoms with Crippen LogP contribution in [0.5, 0.6) is 0 Å². The normalized spacial score (nSPS) is 12.4. The fourth-order valence-electron chi connectivity index (χ4n) is 6.16. The van der Waals surface area contributed by atoms with Gasteiger partial charge in [-0.2, -0.15) is 0 Å². The van der Waals surface area contributed by atoms with E-state index in [9.17, 15) is 0 Å². The van der Waals surface area contributed by atoms with E-state index in [-0.39, 0.29) is 0 Å². The third-order valence-electron chi connectivity index (χ3n) is 8.13. The molecule has 0 saturated carbocycles. The highest BCUT2D eigenvalue weighted by molar-refractivity contribution is 7.25. The summed E-state index contributed by atoms with van der Waals surface area (Å²) in [7, 11) is 0. The van der Waals surface area contributed by atoms with Crippen molar-refractivity contribution in [1.82, 2.24) is 4.57 Å². The minimum Gasteiger partial charge on any atom is -0.310 e. The highest BCUT2D eigenvalue weighted by Gasteiger charge is 2.14. The lowest BCUT2D eigenvalue weighted by atomic mass is 9.92. The number of fused-ring (bicyclic) bond motifs is 6. The molecule has 0 aliphatic rings. The van der Waals surface area contributed by atoms with Gasteiger partial charge in [-0.25, -0.2) is 0 Å². The molecule has 7 rings (SSSR count). The third kappa shape index (κ3) is 4.23. The van der Waals surface area contributed by atoms with E-state index in [0.717, 1.165) is 17.7 Å². The summed E-state index contributed by atoms with van der Waals surface area (Å²) >= 11 is 1.87. The summed E-state index contributed by atoms with van der Waals surface area (Å²) in [5.41, 5.74) is 9.65. The van der Waals surface area contributed by atoms with Crippen molar-refractivity contribution < 1.29 is 0 Å². The second-order valence-corrected chi connectivity index (χ2v) is 11.5. The van der Waals surface area contributed by atoms with Crippen LogP contribution in [-0.2, 0) is 6.42 Å². The Hall–Kier alpha value is -4.66. The fourth-order valence-corrected chi connectivity index (χ4v) is 7.29. The predicted octanol–water partition coefficient (Wildman–Crippen LogP) is 11.5. The summed E-state index contributed by atoms with van der Waals surface area (Å²) in [6, 6.07) is 39.6. The van der Waals surface area contributed by atoms with Crippen molar-refractivity contribution in [2.24, 2.45) is 0 Å². The molecule has 2 aromatic heterocycles. The van der Waals surface area contributed by atoms with Crippen molar-refractivity contribution in [2.75, 3.05) is 0 Å². The molecule has 41 heavy (non-hydrogen) atoms. The summed E-state index contributed by atoms with van der Waals surface area (Å²) in [6.45, 7) is 8.85. The number of aryl methyl sites for hydroxylation is 1. The van der Waals surface area contributed by atoms with Gasteiger partial charge in [-0.15, -0.1) is 11.3 Å². The predicted molar refractivity (Wildman–Crippen MR) is 182 cm³/mol. The molecule has 0 saturated heterocycles. The number of aromatic nitrogens is 1. The molecular weight excluding hydrogens is 515 g/mol. The Bertz CT molecular complexity index is 2110. The lowest BCUT2D eigenvalue weighted by Gasteiger charge is -2.13. The Labute approximate surface area is 245 Å². The van der Waals surface area contributed by atoms with Crippen LogP contribution in [0.25, 0.3) is 64.4 Å². The second-order valence-electron chi connectivity index (χ2n) is 10.4. The molecule has 0 spiro atoms. The van der Waals surface area contributed by atoms with Crippen LogP contribution in [0.4, 0.5) is 0 Å². The Morgan fingerprint density at radius 1 is 0.732 bits per heavy atom. The number of para-hydroxylation sites is 2. The maximum absolute atomic E-state index is 4.51. The van der Waals surface area contributed by atoms with Gasteiger partial charge in [0.1, 0.15) is 0 Å². The number of nitrogens with zero attached hydrogens (tertiary/aromatic N) is 1. The molecule has 5 aromatic carbocycles. The van der Waals surface area contributed by atoms with Crippen molar-refractivity contribution in [1.29, 1.82) is 0 Å². The summed E-state index contributed by atoms with van der Waals surface area (Å²) in [6.07, 6.45) is 7.49. The minimum atomic E-state index is 0.944. The SMILES string of the molecule is C=C(/C=C\C(=C/C)n1c2ccccc2c2ccccc21)c1ccc(-c2cccc3sc4ccccc4c23)cc1CC. The summed E-state index contributed by atoms with van der Waals surface area (Å²) in [4.78, 5) is 0. The van der Waals surface area contributed by atoms with Crippen LogP contribution in [0, 0.1) is 0 Å². The van der Waals surface area contributed by atoms with Crippen LogP contribution in [0.2, 0.25) is 0 Å². The highest BCUT2D eigenvalue weighted by atomic mass is 32.1. The lowest BCUT2D eigenvalue weighted by Crippen LogP contribution is -1.95. The van der Waals surface area contributed by atoms with Crippen LogP contribution >= 0.6 is 11.3 Å². The molecule has 2 heteroatoms. The molecule has 0 fully saturated rings. The first-order valence-corrected chi connectivity index (χ1v) is 15.1. The number of benzene rings is 5. The van der Waals surface area contributed by atoms with Crippen molar-refractivity contribution in [2.45, 2.75) is 20.3 Å².